The molecule has 5 heteroatoms. The maximum absolute atomic E-state index is 5.65. The summed E-state index contributed by atoms with van der Waals surface area (Å²) in [6, 6.07) is 0.178. The Kier molecular flexibility index (Phi) is 2.78. The van der Waals surface area contributed by atoms with Crippen molar-refractivity contribution in [1.29, 1.82) is 0 Å². The lowest BCUT2D eigenvalue weighted by atomic mass is 10.0. The molecule has 1 aliphatic carbocycles. The first-order valence-electron chi connectivity index (χ1n) is 6.12. The highest BCUT2D eigenvalue weighted by atomic mass is 15.3. The summed E-state index contributed by atoms with van der Waals surface area (Å²) < 4.78 is 1.84. The van der Waals surface area contributed by atoms with Crippen LogP contribution in [0.25, 0.3) is 5.52 Å². The molecule has 1 aliphatic rings. The van der Waals surface area contributed by atoms with E-state index in [1.54, 1.807) is 6.20 Å². The van der Waals surface area contributed by atoms with Crippen molar-refractivity contribution in [3.63, 3.8) is 0 Å². The van der Waals surface area contributed by atoms with Crippen LogP contribution < -0.4 is 11.3 Å². The molecule has 2 heterocycles. The number of hydrogen-bond donors (Lipinski definition) is 2. The molecule has 2 aromatic rings. The van der Waals surface area contributed by atoms with Gasteiger partial charge in [-0.2, -0.15) is 5.10 Å². The van der Waals surface area contributed by atoms with E-state index in [-0.39, 0.29) is 6.04 Å². The molecule has 1 fully saturated rings. The van der Waals surface area contributed by atoms with Crippen molar-refractivity contribution in [3.05, 3.63) is 30.4 Å². The van der Waals surface area contributed by atoms with Crippen LogP contribution in [0.4, 0.5) is 0 Å². The third-order valence-electron chi connectivity index (χ3n) is 3.49. The molecule has 17 heavy (non-hydrogen) atoms. The second kappa shape index (κ2) is 4.43. The van der Waals surface area contributed by atoms with Crippen LogP contribution in [-0.2, 0) is 0 Å². The van der Waals surface area contributed by atoms with Gasteiger partial charge in [0.2, 0.25) is 0 Å². The second-order valence-corrected chi connectivity index (χ2v) is 4.75. The molecule has 2 aromatic heterocycles. The predicted molar refractivity (Wildman–Crippen MR) is 65.0 cm³/mol. The van der Waals surface area contributed by atoms with Crippen molar-refractivity contribution in [2.75, 3.05) is 0 Å². The highest BCUT2D eigenvalue weighted by molar-refractivity contribution is 5.53. The van der Waals surface area contributed by atoms with Crippen LogP contribution in [0.3, 0.4) is 0 Å². The molecule has 0 amide bonds. The lowest BCUT2D eigenvalue weighted by Crippen LogP contribution is -2.28. The van der Waals surface area contributed by atoms with Crippen LogP contribution in [0.2, 0.25) is 0 Å². The lowest BCUT2D eigenvalue weighted by Gasteiger charge is -2.14. The fourth-order valence-electron chi connectivity index (χ4n) is 2.26. The molecule has 0 saturated heterocycles. The Bertz CT molecular complexity index is 502. The number of nitrogens with one attached hydrogen (secondary N) is 1. The number of fused-ring (bicyclic) bond motifs is 1. The standard InChI is InChI=1S/C12H17N5/c13-16-11(4-3-9-1-2-9)10-7-15-17-6-5-14-8-12(10)17/h5-9,11,16H,1-4,13H2. The Morgan fingerprint density at radius 2 is 2.35 bits per heavy atom. The number of nitrogens with zero attached hydrogens (tertiary/aromatic N) is 3. The summed E-state index contributed by atoms with van der Waals surface area (Å²) in [5, 5.41) is 4.31. The molecule has 0 spiro atoms. The van der Waals surface area contributed by atoms with E-state index in [9.17, 15) is 0 Å². The van der Waals surface area contributed by atoms with Crippen molar-refractivity contribution >= 4 is 5.52 Å². The number of hydrogen-bond acceptors (Lipinski definition) is 4. The van der Waals surface area contributed by atoms with Gasteiger partial charge in [0.1, 0.15) is 0 Å². The van der Waals surface area contributed by atoms with Gasteiger partial charge in [0.25, 0.3) is 0 Å². The summed E-state index contributed by atoms with van der Waals surface area (Å²) >= 11 is 0. The zero-order chi connectivity index (χ0) is 11.7. The largest absolute Gasteiger partial charge is 0.271 e. The van der Waals surface area contributed by atoms with Gasteiger partial charge in [0.15, 0.2) is 0 Å². The van der Waals surface area contributed by atoms with Crippen LogP contribution in [0.5, 0.6) is 0 Å². The zero-order valence-corrected chi connectivity index (χ0v) is 9.71. The average molecular weight is 231 g/mol. The minimum absolute atomic E-state index is 0.178. The molecule has 90 valence electrons. The Labute approximate surface area is 100 Å². The minimum atomic E-state index is 0.178. The lowest BCUT2D eigenvalue weighted by molar-refractivity contribution is 0.484. The molecule has 0 aromatic carbocycles. The number of aromatic nitrogens is 3. The summed E-state index contributed by atoms with van der Waals surface area (Å²) in [5.41, 5.74) is 5.07. The van der Waals surface area contributed by atoms with Gasteiger partial charge in [-0.05, 0) is 18.8 Å². The molecule has 0 bridgehead atoms. The number of rotatable bonds is 5. The monoisotopic (exact) mass is 231 g/mol. The summed E-state index contributed by atoms with van der Waals surface area (Å²) in [4.78, 5) is 4.14. The van der Waals surface area contributed by atoms with Crippen molar-refractivity contribution in [2.45, 2.75) is 31.7 Å². The van der Waals surface area contributed by atoms with Crippen LogP contribution >= 0.6 is 0 Å². The Morgan fingerprint density at radius 3 is 3.12 bits per heavy atom. The predicted octanol–water partition coefficient (Wildman–Crippen LogP) is 1.42. The highest BCUT2D eigenvalue weighted by Gasteiger charge is 2.23. The van der Waals surface area contributed by atoms with Crippen LogP contribution in [-0.4, -0.2) is 14.6 Å². The van der Waals surface area contributed by atoms with Gasteiger partial charge < -0.3 is 0 Å². The fraction of sp³-hybridized carbons (Fsp3) is 0.500. The normalized spacial score (nSPS) is 17.5. The molecular formula is C12H17N5. The third kappa shape index (κ3) is 2.16. The van der Waals surface area contributed by atoms with Gasteiger partial charge in [-0.3, -0.25) is 16.3 Å². The molecule has 1 atom stereocenters. The Hall–Kier alpha value is -1.46. The molecule has 5 nitrogen and oxygen atoms in total. The van der Waals surface area contributed by atoms with Gasteiger partial charge in [-0.25, -0.2) is 4.52 Å². The first-order chi connectivity index (χ1) is 8.38. The number of nitrogens with two attached hydrogens (primary N) is 1. The van der Waals surface area contributed by atoms with Crippen LogP contribution in [0, 0.1) is 5.92 Å². The molecule has 1 saturated carbocycles. The van der Waals surface area contributed by atoms with Gasteiger partial charge in [0, 0.05) is 24.0 Å². The Morgan fingerprint density at radius 1 is 1.47 bits per heavy atom. The van der Waals surface area contributed by atoms with Gasteiger partial charge >= 0.3 is 0 Å². The van der Waals surface area contributed by atoms with Crippen molar-refractivity contribution in [2.24, 2.45) is 11.8 Å². The topological polar surface area (TPSA) is 68.2 Å². The minimum Gasteiger partial charge on any atom is -0.271 e. The average Bonchev–Trinajstić information content (AvgIpc) is 3.10. The van der Waals surface area contributed by atoms with Crippen LogP contribution in [0.1, 0.15) is 37.3 Å². The van der Waals surface area contributed by atoms with E-state index < -0.39 is 0 Å². The smallest absolute Gasteiger partial charge is 0.0893 e. The summed E-state index contributed by atoms with van der Waals surface area (Å²) in [7, 11) is 0. The van der Waals surface area contributed by atoms with E-state index in [1.165, 1.54) is 19.3 Å². The quantitative estimate of drug-likeness (QED) is 0.603. The van der Waals surface area contributed by atoms with Crippen molar-refractivity contribution in [3.8, 4) is 0 Å². The summed E-state index contributed by atoms with van der Waals surface area (Å²) in [5.74, 6) is 6.58. The zero-order valence-electron chi connectivity index (χ0n) is 9.71. The van der Waals surface area contributed by atoms with Crippen molar-refractivity contribution < 1.29 is 0 Å². The van der Waals surface area contributed by atoms with E-state index in [2.05, 4.69) is 15.5 Å². The van der Waals surface area contributed by atoms with E-state index in [1.807, 2.05) is 23.1 Å². The summed E-state index contributed by atoms with van der Waals surface area (Å²) in [6.07, 6.45) is 12.4. The number of hydrazine groups is 1. The molecule has 0 radical (unpaired) electrons. The molecule has 1 unspecified atom stereocenters. The summed E-state index contributed by atoms with van der Waals surface area (Å²) in [6.45, 7) is 0. The maximum atomic E-state index is 5.65. The maximum Gasteiger partial charge on any atom is 0.0893 e. The third-order valence-corrected chi connectivity index (χ3v) is 3.49. The SMILES string of the molecule is NNC(CCC1CC1)c1cnn2ccncc12. The molecular weight excluding hydrogens is 214 g/mol. The molecule has 3 rings (SSSR count). The van der Waals surface area contributed by atoms with E-state index >= 15 is 0 Å². The van der Waals surface area contributed by atoms with Crippen LogP contribution in [0.15, 0.2) is 24.8 Å². The van der Waals surface area contributed by atoms with Gasteiger partial charge in [0.05, 0.1) is 17.9 Å². The second-order valence-electron chi connectivity index (χ2n) is 4.75. The van der Waals surface area contributed by atoms with Crippen molar-refractivity contribution in [1.82, 2.24) is 20.0 Å². The molecule has 3 N–H and O–H groups in total. The van der Waals surface area contributed by atoms with E-state index in [4.69, 9.17) is 5.84 Å². The first-order valence-corrected chi connectivity index (χ1v) is 6.12. The molecule has 0 aliphatic heterocycles. The van der Waals surface area contributed by atoms with Gasteiger partial charge in [-0.15, -0.1) is 0 Å². The first kappa shape index (κ1) is 10.7. The van der Waals surface area contributed by atoms with Gasteiger partial charge in [-0.1, -0.05) is 12.8 Å². The Balaban J connectivity index is 1.83. The highest BCUT2D eigenvalue weighted by Crippen LogP contribution is 2.36. The fourth-order valence-corrected chi connectivity index (χ4v) is 2.26. The van der Waals surface area contributed by atoms with E-state index in [0.29, 0.717) is 0 Å². The van der Waals surface area contributed by atoms with E-state index in [0.717, 1.165) is 23.4 Å².